The number of carbonyl (C=O) groups is 1. The third-order valence-corrected chi connectivity index (χ3v) is 3.44. The van der Waals surface area contributed by atoms with Gasteiger partial charge in [-0.2, -0.15) is 0 Å². The minimum atomic E-state index is -0.916. The second-order valence-electron chi connectivity index (χ2n) is 4.99. The molecule has 1 aromatic rings. The highest BCUT2D eigenvalue weighted by Gasteiger charge is 2.31. The monoisotopic (exact) mass is 234 g/mol. The molecule has 1 aromatic carbocycles. The fourth-order valence-electron chi connectivity index (χ4n) is 2.13. The standard InChI is InChI=1S/C13H18N2O2/c1-8(2)9-6-15(7-9)12-4-3-10(14)5-11(12)13(16)17/h3-5,8-9H,6-7,14H2,1-2H3,(H,16,17). The fraction of sp³-hybridized carbons (Fsp3) is 0.462. The van der Waals surface area contributed by atoms with E-state index >= 15 is 0 Å². The second kappa shape index (κ2) is 4.28. The van der Waals surface area contributed by atoms with Gasteiger partial charge in [0, 0.05) is 18.8 Å². The first kappa shape index (κ1) is 11.8. The van der Waals surface area contributed by atoms with Gasteiger partial charge in [0.25, 0.3) is 0 Å². The molecule has 0 spiro atoms. The molecule has 4 nitrogen and oxygen atoms in total. The van der Waals surface area contributed by atoms with E-state index in [2.05, 4.69) is 18.7 Å². The third kappa shape index (κ3) is 2.20. The number of hydrogen-bond acceptors (Lipinski definition) is 3. The Morgan fingerprint density at radius 3 is 2.65 bits per heavy atom. The number of nitrogens with two attached hydrogens (primary N) is 1. The SMILES string of the molecule is CC(C)C1CN(c2ccc(N)cc2C(=O)O)C1. The molecule has 1 aliphatic heterocycles. The Labute approximate surface area is 101 Å². The average Bonchev–Trinajstić information content (AvgIpc) is 2.16. The Kier molecular flexibility index (Phi) is 2.96. The largest absolute Gasteiger partial charge is 0.478 e. The Morgan fingerprint density at radius 2 is 2.12 bits per heavy atom. The van der Waals surface area contributed by atoms with Gasteiger partial charge < -0.3 is 15.7 Å². The molecule has 92 valence electrons. The van der Waals surface area contributed by atoms with Gasteiger partial charge in [0.2, 0.25) is 0 Å². The van der Waals surface area contributed by atoms with Crippen LogP contribution in [0, 0.1) is 11.8 Å². The summed E-state index contributed by atoms with van der Waals surface area (Å²) in [5.74, 6) is 0.391. The summed E-state index contributed by atoms with van der Waals surface area (Å²) in [7, 11) is 0. The van der Waals surface area contributed by atoms with Gasteiger partial charge in [0.05, 0.1) is 11.3 Å². The summed E-state index contributed by atoms with van der Waals surface area (Å²) in [5, 5.41) is 9.15. The molecule has 0 unspecified atom stereocenters. The molecule has 0 atom stereocenters. The Bertz CT molecular complexity index is 437. The zero-order valence-corrected chi connectivity index (χ0v) is 10.2. The number of benzene rings is 1. The topological polar surface area (TPSA) is 66.6 Å². The van der Waals surface area contributed by atoms with E-state index in [0.29, 0.717) is 23.1 Å². The van der Waals surface area contributed by atoms with Crippen molar-refractivity contribution < 1.29 is 9.90 Å². The summed E-state index contributed by atoms with van der Waals surface area (Å²) in [6.07, 6.45) is 0. The molecule has 17 heavy (non-hydrogen) atoms. The number of carboxylic acids is 1. The molecule has 2 rings (SSSR count). The molecule has 0 radical (unpaired) electrons. The van der Waals surface area contributed by atoms with Gasteiger partial charge in [-0.05, 0) is 30.0 Å². The van der Waals surface area contributed by atoms with Gasteiger partial charge in [-0.15, -0.1) is 0 Å². The lowest BCUT2D eigenvalue weighted by Gasteiger charge is -2.43. The van der Waals surface area contributed by atoms with E-state index in [1.54, 1.807) is 12.1 Å². The lowest BCUT2D eigenvalue weighted by Crippen LogP contribution is -2.49. The maximum Gasteiger partial charge on any atom is 0.337 e. The van der Waals surface area contributed by atoms with Crippen LogP contribution in [0.3, 0.4) is 0 Å². The van der Waals surface area contributed by atoms with E-state index in [1.807, 2.05) is 0 Å². The van der Waals surface area contributed by atoms with Crippen molar-refractivity contribution in [1.29, 1.82) is 0 Å². The molecular weight excluding hydrogens is 216 g/mol. The molecule has 0 aliphatic carbocycles. The highest BCUT2D eigenvalue weighted by molar-refractivity contribution is 5.95. The molecule has 1 fully saturated rings. The summed E-state index contributed by atoms with van der Waals surface area (Å²) < 4.78 is 0. The molecular formula is C13H18N2O2. The van der Waals surface area contributed by atoms with Crippen LogP contribution < -0.4 is 10.6 Å². The van der Waals surface area contributed by atoms with Crippen LogP contribution in [-0.4, -0.2) is 24.2 Å². The van der Waals surface area contributed by atoms with Crippen LogP contribution in [0.5, 0.6) is 0 Å². The number of anilines is 2. The van der Waals surface area contributed by atoms with E-state index < -0.39 is 5.97 Å². The van der Waals surface area contributed by atoms with Crippen molar-refractivity contribution >= 4 is 17.3 Å². The number of nitrogen functional groups attached to an aromatic ring is 1. The molecule has 0 amide bonds. The summed E-state index contributed by atoms with van der Waals surface area (Å²) in [6, 6.07) is 5.08. The molecule has 1 saturated heterocycles. The van der Waals surface area contributed by atoms with Gasteiger partial charge >= 0.3 is 5.97 Å². The number of aromatic carboxylic acids is 1. The van der Waals surface area contributed by atoms with Gasteiger partial charge in [-0.3, -0.25) is 0 Å². The summed E-state index contributed by atoms with van der Waals surface area (Å²) in [4.78, 5) is 13.3. The molecule has 0 saturated carbocycles. The summed E-state index contributed by atoms with van der Waals surface area (Å²) in [5.41, 5.74) is 7.19. The first-order valence-electron chi connectivity index (χ1n) is 5.87. The van der Waals surface area contributed by atoms with Crippen LogP contribution in [0.15, 0.2) is 18.2 Å². The minimum absolute atomic E-state index is 0.298. The normalized spacial score (nSPS) is 16.1. The van der Waals surface area contributed by atoms with Crippen molar-refractivity contribution in [2.75, 3.05) is 23.7 Å². The quantitative estimate of drug-likeness (QED) is 0.786. The molecule has 0 bridgehead atoms. The molecule has 0 aromatic heterocycles. The Hall–Kier alpha value is -1.71. The maximum atomic E-state index is 11.2. The molecule has 1 aliphatic rings. The van der Waals surface area contributed by atoms with Crippen molar-refractivity contribution in [1.82, 2.24) is 0 Å². The van der Waals surface area contributed by atoms with Crippen molar-refractivity contribution in [3.63, 3.8) is 0 Å². The Morgan fingerprint density at radius 1 is 1.47 bits per heavy atom. The van der Waals surface area contributed by atoms with E-state index in [0.717, 1.165) is 18.8 Å². The van der Waals surface area contributed by atoms with Crippen LogP contribution >= 0.6 is 0 Å². The number of nitrogens with zero attached hydrogens (tertiary/aromatic N) is 1. The van der Waals surface area contributed by atoms with Crippen LogP contribution in [0.2, 0.25) is 0 Å². The van der Waals surface area contributed by atoms with E-state index in [1.165, 1.54) is 6.07 Å². The highest BCUT2D eigenvalue weighted by atomic mass is 16.4. The number of hydrogen-bond donors (Lipinski definition) is 2. The second-order valence-corrected chi connectivity index (χ2v) is 4.99. The van der Waals surface area contributed by atoms with Crippen LogP contribution in [0.25, 0.3) is 0 Å². The van der Waals surface area contributed by atoms with Crippen LogP contribution in [-0.2, 0) is 0 Å². The maximum absolute atomic E-state index is 11.2. The van der Waals surface area contributed by atoms with Crippen molar-refractivity contribution in [3.8, 4) is 0 Å². The van der Waals surface area contributed by atoms with E-state index in [-0.39, 0.29) is 0 Å². The molecule has 4 heteroatoms. The predicted octanol–water partition coefficient (Wildman–Crippen LogP) is 2.06. The molecule has 1 heterocycles. The Balaban J connectivity index is 2.20. The van der Waals surface area contributed by atoms with E-state index in [9.17, 15) is 4.79 Å². The highest BCUT2D eigenvalue weighted by Crippen LogP contribution is 2.32. The van der Waals surface area contributed by atoms with E-state index in [4.69, 9.17) is 10.8 Å². The summed E-state index contributed by atoms with van der Waals surface area (Å²) in [6.45, 7) is 6.26. The fourth-order valence-corrected chi connectivity index (χ4v) is 2.13. The van der Waals surface area contributed by atoms with Gasteiger partial charge in [-0.25, -0.2) is 4.79 Å². The third-order valence-electron chi connectivity index (χ3n) is 3.44. The summed E-state index contributed by atoms with van der Waals surface area (Å²) >= 11 is 0. The lowest BCUT2D eigenvalue weighted by molar-refractivity contribution is 0.0697. The number of rotatable bonds is 3. The number of carboxylic acid groups (broad SMARTS) is 1. The van der Waals surface area contributed by atoms with Crippen molar-refractivity contribution in [2.24, 2.45) is 11.8 Å². The zero-order valence-electron chi connectivity index (χ0n) is 10.2. The first-order chi connectivity index (χ1) is 7.99. The zero-order chi connectivity index (χ0) is 12.6. The molecule has 3 N–H and O–H groups in total. The lowest BCUT2D eigenvalue weighted by atomic mass is 9.87. The average molecular weight is 234 g/mol. The van der Waals surface area contributed by atoms with Crippen molar-refractivity contribution in [3.05, 3.63) is 23.8 Å². The van der Waals surface area contributed by atoms with Crippen LogP contribution in [0.1, 0.15) is 24.2 Å². The predicted molar refractivity (Wildman–Crippen MR) is 68.4 cm³/mol. The van der Waals surface area contributed by atoms with Crippen molar-refractivity contribution in [2.45, 2.75) is 13.8 Å². The first-order valence-corrected chi connectivity index (χ1v) is 5.87. The van der Waals surface area contributed by atoms with Gasteiger partial charge in [0.1, 0.15) is 0 Å². The minimum Gasteiger partial charge on any atom is -0.478 e. The smallest absolute Gasteiger partial charge is 0.337 e. The van der Waals surface area contributed by atoms with Gasteiger partial charge in [-0.1, -0.05) is 13.8 Å². The van der Waals surface area contributed by atoms with Gasteiger partial charge in [0.15, 0.2) is 0 Å². The van der Waals surface area contributed by atoms with Crippen LogP contribution in [0.4, 0.5) is 11.4 Å².